The highest BCUT2D eigenvalue weighted by atomic mass is 32.2. The Bertz CT molecular complexity index is 1020. The molecule has 0 radical (unpaired) electrons. The van der Waals surface area contributed by atoms with Gasteiger partial charge in [0.2, 0.25) is 5.91 Å². The number of hydrogen-bond donors (Lipinski definition) is 2. The quantitative estimate of drug-likeness (QED) is 0.517. The lowest BCUT2D eigenvalue weighted by Gasteiger charge is -2.09. The van der Waals surface area contributed by atoms with Gasteiger partial charge in [-0.05, 0) is 80.0 Å². The van der Waals surface area contributed by atoms with Gasteiger partial charge < -0.3 is 5.32 Å². The minimum Gasteiger partial charge on any atom is -0.325 e. The van der Waals surface area contributed by atoms with Gasteiger partial charge in [-0.1, -0.05) is 24.8 Å². The SMILES string of the molecule is CCCc1n[nH]c(=S)n1CC(=O)Nc1ccc(Sc2ccc(C)c(C)c2)cc1. The number of H-pyrrole nitrogens is 1. The summed E-state index contributed by atoms with van der Waals surface area (Å²) in [5.74, 6) is 0.687. The monoisotopic (exact) mass is 412 g/mol. The molecule has 0 saturated carbocycles. The number of carbonyl (C=O) groups excluding carboxylic acids is 1. The molecule has 0 aliphatic carbocycles. The van der Waals surface area contributed by atoms with E-state index in [1.165, 1.54) is 16.0 Å². The first-order valence-corrected chi connectivity index (χ1v) is 10.5. The number of aromatic amines is 1. The highest BCUT2D eigenvalue weighted by molar-refractivity contribution is 7.99. The van der Waals surface area contributed by atoms with Crippen molar-refractivity contribution in [3.8, 4) is 0 Å². The van der Waals surface area contributed by atoms with Crippen molar-refractivity contribution in [2.75, 3.05) is 5.32 Å². The molecular formula is C21H24N4OS2. The lowest BCUT2D eigenvalue weighted by molar-refractivity contribution is -0.116. The summed E-state index contributed by atoms with van der Waals surface area (Å²) in [7, 11) is 0. The second-order valence-corrected chi connectivity index (χ2v) is 8.24. The summed E-state index contributed by atoms with van der Waals surface area (Å²) in [5.41, 5.74) is 3.35. The Hall–Kier alpha value is -2.38. The smallest absolute Gasteiger partial charge is 0.244 e. The van der Waals surface area contributed by atoms with Crippen LogP contribution in [0.25, 0.3) is 0 Å². The summed E-state index contributed by atoms with van der Waals surface area (Å²) in [6, 6.07) is 14.3. The number of rotatable bonds is 7. The van der Waals surface area contributed by atoms with Gasteiger partial charge in [0.05, 0.1) is 0 Å². The molecule has 1 heterocycles. The number of aromatic nitrogens is 3. The third-order valence-electron chi connectivity index (χ3n) is 4.46. The Labute approximate surface area is 174 Å². The number of carbonyl (C=O) groups is 1. The van der Waals surface area contributed by atoms with E-state index < -0.39 is 0 Å². The summed E-state index contributed by atoms with van der Waals surface area (Å²) in [5, 5.41) is 9.88. The molecule has 0 bridgehead atoms. The first-order valence-electron chi connectivity index (χ1n) is 9.25. The van der Waals surface area contributed by atoms with Gasteiger partial charge in [0, 0.05) is 21.9 Å². The Morgan fingerprint density at radius 1 is 1.14 bits per heavy atom. The van der Waals surface area contributed by atoms with Gasteiger partial charge in [-0.25, -0.2) is 0 Å². The summed E-state index contributed by atoms with van der Waals surface area (Å²) in [4.78, 5) is 14.7. The first kappa shape index (κ1) is 20.4. The summed E-state index contributed by atoms with van der Waals surface area (Å²) in [6.45, 7) is 6.46. The van der Waals surface area contributed by atoms with Crippen LogP contribution in [0.2, 0.25) is 0 Å². The number of aryl methyl sites for hydroxylation is 3. The number of benzene rings is 2. The number of nitrogens with one attached hydrogen (secondary N) is 2. The Kier molecular flexibility index (Phi) is 6.70. The Morgan fingerprint density at radius 3 is 2.54 bits per heavy atom. The van der Waals surface area contributed by atoms with E-state index in [0.717, 1.165) is 29.2 Å². The van der Waals surface area contributed by atoms with Crippen molar-refractivity contribution in [2.24, 2.45) is 0 Å². The highest BCUT2D eigenvalue weighted by Gasteiger charge is 2.10. The summed E-state index contributed by atoms with van der Waals surface area (Å²) < 4.78 is 2.22. The number of anilines is 1. The maximum absolute atomic E-state index is 12.4. The maximum Gasteiger partial charge on any atom is 0.244 e. The van der Waals surface area contributed by atoms with Gasteiger partial charge in [-0.2, -0.15) is 5.10 Å². The van der Waals surface area contributed by atoms with Crippen molar-refractivity contribution < 1.29 is 4.79 Å². The van der Waals surface area contributed by atoms with Gasteiger partial charge in [0.1, 0.15) is 12.4 Å². The van der Waals surface area contributed by atoms with E-state index in [0.29, 0.717) is 4.77 Å². The summed E-state index contributed by atoms with van der Waals surface area (Å²) >= 11 is 6.94. The van der Waals surface area contributed by atoms with Crippen LogP contribution in [0.5, 0.6) is 0 Å². The second kappa shape index (κ2) is 9.21. The molecule has 5 nitrogen and oxygen atoms in total. The molecule has 3 rings (SSSR count). The van der Waals surface area contributed by atoms with E-state index in [2.05, 4.69) is 54.5 Å². The van der Waals surface area contributed by atoms with Gasteiger partial charge in [0.25, 0.3) is 0 Å². The molecule has 0 spiro atoms. The maximum atomic E-state index is 12.4. The predicted octanol–water partition coefficient (Wildman–Crippen LogP) is 5.30. The fraction of sp³-hybridized carbons (Fsp3) is 0.286. The fourth-order valence-electron chi connectivity index (χ4n) is 2.79. The van der Waals surface area contributed by atoms with Gasteiger partial charge in [-0.3, -0.25) is 14.5 Å². The number of amides is 1. The number of nitrogens with zero attached hydrogens (tertiary/aromatic N) is 2. The van der Waals surface area contributed by atoms with Crippen molar-refractivity contribution in [3.05, 3.63) is 64.2 Å². The van der Waals surface area contributed by atoms with Crippen molar-refractivity contribution in [2.45, 2.75) is 49.9 Å². The average molecular weight is 413 g/mol. The zero-order chi connectivity index (χ0) is 20.1. The van der Waals surface area contributed by atoms with Crippen molar-refractivity contribution >= 4 is 35.6 Å². The zero-order valence-electron chi connectivity index (χ0n) is 16.3. The Morgan fingerprint density at radius 2 is 1.86 bits per heavy atom. The van der Waals surface area contributed by atoms with Gasteiger partial charge in [0.15, 0.2) is 4.77 Å². The molecule has 146 valence electrons. The van der Waals surface area contributed by atoms with Crippen LogP contribution in [0.3, 0.4) is 0 Å². The molecule has 3 aromatic rings. The highest BCUT2D eigenvalue weighted by Crippen LogP contribution is 2.29. The van der Waals surface area contributed by atoms with Crippen LogP contribution in [0.15, 0.2) is 52.3 Å². The molecule has 7 heteroatoms. The van der Waals surface area contributed by atoms with E-state index >= 15 is 0 Å². The van der Waals surface area contributed by atoms with Crippen LogP contribution >= 0.6 is 24.0 Å². The normalized spacial score (nSPS) is 10.8. The van der Waals surface area contributed by atoms with Crippen LogP contribution in [0.1, 0.15) is 30.3 Å². The lowest BCUT2D eigenvalue weighted by atomic mass is 10.1. The van der Waals surface area contributed by atoms with E-state index in [-0.39, 0.29) is 12.5 Å². The third kappa shape index (κ3) is 5.11. The van der Waals surface area contributed by atoms with Crippen LogP contribution in [-0.2, 0) is 17.8 Å². The lowest BCUT2D eigenvalue weighted by Crippen LogP contribution is -2.20. The standard InChI is InChI=1S/C21H24N4OS2/c1-4-5-19-23-24-21(27)25(19)13-20(26)22-16-7-10-17(11-8-16)28-18-9-6-14(2)15(3)12-18/h6-12H,4-5,13H2,1-3H3,(H,22,26)(H,24,27). The molecular weight excluding hydrogens is 388 g/mol. The molecule has 0 atom stereocenters. The third-order valence-corrected chi connectivity index (χ3v) is 5.77. The Balaban J connectivity index is 1.62. The average Bonchev–Trinajstić information content (AvgIpc) is 3.00. The van der Waals surface area contributed by atoms with E-state index in [1.54, 1.807) is 16.3 Å². The molecule has 0 saturated heterocycles. The summed E-state index contributed by atoms with van der Waals surface area (Å²) in [6.07, 6.45) is 1.73. The van der Waals surface area contributed by atoms with E-state index in [1.807, 2.05) is 24.3 Å². The van der Waals surface area contributed by atoms with E-state index in [9.17, 15) is 4.79 Å². The first-order chi connectivity index (χ1) is 13.5. The molecule has 2 aromatic carbocycles. The van der Waals surface area contributed by atoms with Crippen LogP contribution in [-0.4, -0.2) is 20.7 Å². The number of hydrogen-bond acceptors (Lipinski definition) is 4. The minimum absolute atomic E-state index is 0.121. The van der Waals surface area contributed by atoms with Crippen LogP contribution < -0.4 is 5.32 Å². The fourth-order valence-corrected chi connectivity index (χ4v) is 3.92. The molecule has 0 aliphatic rings. The van der Waals surface area contributed by atoms with E-state index in [4.69, 9.17) is 12.2 Å². The molecule has 0 fully saturated rings. The predicted molar refractivity (Wildman–Crippen MR) is 117 cm³/mol. The van der Waals surface area contributed by atoms with Gasteiger partial charge >= 0.3 is 0 Å². The van der Waals surface area contributed by atoms with Gasteiger partial charge in [-0.15, -0.1) is 0 Å². The van der Waals surface area contributed by atoms with Crippen molar-refractivity contribution in [1.29, 1.82) is 0 Å². The molecule has 0 unspecified atom stereocenters. The molecule has 2 N–H and O–H groups in total. The minimum atomic E-state index is -0.121. The zero-order valence-corrected chi connectivity index (χ0v) is 17.9. The topological polar surface area (TPSA) is 62.7 Å². The molecule has 0 aliphatic heterocycles. The van der Waals surface area contributed by atoms with Crippen LogP contribution in [0.4, 0.5) is 5.69 Å². The van der Waals surface area contributed by atoms with Crippen molar-refractivity contribution in [1.82, 2.24) is 14.8 Å². The second-order valence-electron chi connectivity index (χ2n) is 6.70. The molecule has 1 aromatic heterocycles. The van der Waals surface area contributed by atoms with Crippen LogP contribution in [0, 0.1) is 18.6 Å². The molecule has 1 amide bonds. The van der Waals surface area contributed by atoms with Crippen molar-refractivity contribution in [3.63, 3.8) is 0 Å². The largest absolute Gasteiger partial charge is 0.325 e. The molecule has 28 heavy (non-hydrogen) atoms.